The smallest absolute Gasteiger partial charge is 0.225 e. The molecular formula is C17H23N3O2S. The van der Waals surface area contributed by atoms with Crippen molar-refractivity contribution in [3.63, 3.8) is 0 Å². The molecule has 23 heavy (non-hydrogen) atoms. The standard InChI is InChI=1S/C17H23N3O2S/c1-4-20(13(3)21)17-19-15(11-23-17)9-18-10-16(22)14-7-5-12(2)6-8-14/h5-8,11,16,18,22H,4,9-10H2,1-3H3. The first-order valence-electron chi connectivity index (χ1n) is 7.69. The zero-order chi connectivity index (χ0) is 16.8. The molecule has 0 aliphatic rings. The summed E-state index contributed by atoms with van der Waals surface area (Å²) >= 11 is 1.46. The summed E-state index contributed by atoms with van der Waals surface area (Å²) in [5, 5.41) is 16.0. The van der Waals surface area contributed by atoms with Crippen molar-refractivity contribution in [2.75, 3.05) is 18.0 Å². The van der Waals surface area contributed by atoms with Crippen LogP contribution < -0.4 is 10.2 Å². The lowest BCUT2D eigenvalue weighted by Crippen LogP contribution is -2.27. The minimum atomic E-state index is -0.543. The molecule has 0 fully saturated rings. The second kappa shape index (κ2) is 8.19. The van der Waals surface area contributed by atoms with Gasteiger partial charge in [0.15, 0.2) is 5.13 Å². The van der Waals surface area contributed by atoms with E-state index in [2.05, 4.69) is 10.3 Å². The predicted octanol–water partition coefficient (Wildman–Crippen LogP) is 2.65. The molecule has 0 bridgehead atoms. The summed E-state index contributed by atoms with van der Waals surface area (Å²) in [6.07, 6.45) is -0.543. The maximum absolute atomic E-state index is 11.5. The van der Waals surface area contributed by atoms with Gasteiger partial charge in [-0.05, 0) is 19.4 Å². The summed E-state index contributed by atoms with van der Waals surface area (Å²) in [7, 11) is 0. The second-order valence-corrected chi connectivity index (χ2v) is 6.28. The molecule has 0 saturated carbocycles. The Labute approximate surface area is 141 Å². The molecule has 1 heterocycles. The molecule has 2 rings (SSSR count). The van der Waals surface area contributed by atoms with Gasteiger partial charge in [0.1, 0.15) is 0 Å². The van der Waals surface area contributed by atoms with Crippen molar-refractivity contribution < 1.29 is 9.90 Å². The largest absolute Gasteiger partial charge is 0.387 e. The normalized spacial score (nSPS) is 12.2. The van der Waals surface area contributed by atoms with Gasteiger partial charge in [-0.25, -0.2) is 4.98 Å². The Morgan fingerprint density at radius 3 is 2.70 bits per heavy atom. The van der Waals surface area contributed by atoms with Gasteiger partial charge in [0.25, 0.3) is 0 Å². The molecule has 1 amide bonds. The molecule has 5 nitrogen and oxygen atoms in total. The summed E-state index contributed by atoms with van der Waals surface area (Å²) in [5.41, 5.74) is 2.95. The number of nitrogens with zero attached hydrogens (tertiary/aromatic N) is 2. The molecule has 1 aromatic carbocycles. The van der Waals surface area contributed by atoms with Crippen LogP contribution in [0.4, 0.5) is 5.13 Å². The second-order valence-electron chi connectivity index (χ2n) is 5.44. The molecule has 0 radical (unpaired) electrons. The summed E-state index contributed by atoms with van der Waals surface area (Å²) in [4.78, 5) is 17.6. The van der Waals surface area contributed by atoms with Crippen LogP contribution in [0.25, 0.3) is 0 Å². The Bertz CT molecular complexity index is 640. The lowest BCUT2D eigenvalue weighted by atomic mass is 10.1. The quantitative estimate of drug-likeness (QED) is 0.817. The number of benzene rings is 1. The van der Waals surface area contributed by atoms with Gasteiger partial charge in [-0.2, -0.15) is 0 Å². The number of carbonyl (C=O) groups is 1. The number of aliphatic hydroxyl groups excluding tert-OH is 1. The van der Waals surface area contributed by atoms with Crippen LogP contribution in [0.5, 0.6) is 0 Å². The number of aliphatic hydroxyl groups is 1. The maximum Gasteiger partial charge on any atom is 0.225 e. The van der Waals surface area contributed by atoms with Gasteiger partial charge >= 0.3 is 0 Å². The average Bonchev–Trinajstić information content (AvgIpc) is 2.96. The van der Waals surface area contributed by atoms with Crippen molar-refractivity contribution in [2.24, 2.45) is 0 Å². The van der Waals surface area contributed by atoms with Crippen molar-refractivity contribution in [1.82, 2.24) is 10.3 Å². The molecule has 124 valence electrons. The van der Waals surface area contributed by atoms with Crippen LogP contribution in [0, 0.1) is 6.92 Å². The topological polar surface area (TPSA) is 65.5 Å². The number of aromatic nitrogens is 1. The van der Waals surface area contributed by atoms with Crippen LogP contribution >= 0.6 is 11.3 Å². The fourth-order valence-corrected chi connectivity index (χ4v) is 3.17. The van der Waals surface area contributed by atoms with E-state index in [1.807, 2.05) is 43.5 Å². The highest BCUT2D eigenvalue weighted by Crippen LogP contribution is 2.20. The number of hydrogen-bond acceptors (Lipinski definition) is 5. The molecule has 1 aromatic heterocycles. The van der Waals surface area contributed by atoms with Crippen molar-refractivity contribution in [3.05, 3.63) is 46.5 Å². The van der Waals surface area contributed by atoms with E-state index in [4.69, 9.17) is 0 Å². The van der Waals surface area contributed by atoms with Crippen LogP contribution in [0.3, 0.4) is 0 Å². The van der Waals surface area contributed by atoms with Crippen LogP contribution in [-0.4, -0.2) is 29.1 Å². The zero-order valence-corrected chi connectivity index (χ0v) is 14.6. The van der Waals surface area contributed by atoms with Crippen LogP contribution in [0.1, 0.15) is 36.8 Å². The summed E-state index contributed by atoms with van der Waals surface area (Å²) in [5.74, 6) is -0.00356. The van der Waals surface area contributed by atoms with E-state index in [0.29, 0.717) is 19.6 Å². The van der Waals surface area contributed by atoms with Gasteiger partial charge in [0, 0.05) is 31.9 Å². The average molecular weight is 333 g/mol. The Morgan fingerprint density at radius 1 is 1.39 bits per heavy atom. The van der Waals surface area contributed by atoms with Gasteiger partial charge in [-0.15, -0.1) is 11.3 Å². The third-order valence-electron chi connectivity index (χ3n) is 3.57. The molecule has 2 N–H and O–H groups in total. The van der Waals surface area contributed by atoms with E-state index < -0.39 is 6.10 Å². The minimum absolute atomic E-state index is 0.00356. The molecule has 0 aliphatic heterocycles. The number of nitrogens with one attached hydrogen (secondary N) is 1. The molecular weight excluding hydrogens is 310 g/mol. The fourth-order valence-electron chi connectivity index (χ4n) is 2.24. The monoisotopic (exact) mass is 333 g/mol. The number of amides is 1. The van der Waals surface area contributed by atoms with E-state index in [1.54, 1.807) is 11.8 Å². The molecule has 0 saturated heterocycles. The van der Waals surface area contributed by atoms with Crippen molar-refractivity contribution in [2.45, 2.75) is 33.4 Å². The van der Waals surface area contributed by atoms with Crippen LogP contribution in [-0.2, 0) is 11.3 Å². The summed E-state index contributed by atoms with van der Waals surface area (Å²) < 4.78 is 0. The van der Waals surface area contributed by atoms with Gasteiger partial charge in [-0.1, -0.05) is 29.8 Å². The van der Waals surface area contributed by atoms with Crippen LogP contribution in [0.15, 0.2) is 29.6 Å². The number of thiazole rings is 1. The Morgan fingerprint density at radius 2 is 2.09 bits per heavy atom. The summed E-state index contributed by atoms with van der Waals surface area (Å²) in [6.45, 7) is 7.13. The predicted molar refractivity (Wildman–Crippen MR) is 93.7 cm³/mol. The van der Waals surface area contributed by atoms with E-state index in [-0.39, 0.29) is 5.91 Å². The SMILES string of the molecule is CCN(C(C)=O)c1nc(CNCC(O)c2ccc(C)cc2)cs1. The summed E-state index contributed by atoms with van der Waals surface area (Å²) in [6, 6.07) is 7.86. The van der Waals surface area contributed by atoms with Crippen molar-refractivity contribution in [1.29, 1.82) is 0 Å². The van der Waals surface area contributed by atoms with Gasteiger partial charge < -0.3 is 10.4 Å². The number of rotatable bonds is 7. The van der Waals surface area contributed by atoms with E-state index in [9.17, 15) is 9.90 Å². The fraction of sp³-hybridized carbons (Fsp3) is 0.412. The molecule has 1 atom stereocenters. The third kappa shape index (κ3) is 4.86. The number of hydrogen-bond donors (Lipinski definition) is 2. The van der Waals surface area contributed by atoms with E-state index in [1.165, 1.54) is 16.9 Å². The van der Waals surface area contributed by atoms with Crippen LogP contribution in [0.2, 0.25) is 0 Å². The number of carbonyl (C=O) groups excluding carboxylic acids is 1. The molecule has 1 unspecified atom stereocenters. The highest BCUT2D eigenvalue weighted by molar-refractivity contribution is 7.14. The Balaban J connectivity index is 1.85. The number of anilines is 1. The Kier molecular flexibility index (Phi) is 6.27. The molecule has 2 aromatic rings. The Hall–Kier alpha value is -1.76. The van der Waals surface area contributed by atoms with E-state index >= 15 is 0 Å². The molecule has 0 spiro atoms. The van der Waals surface area contributed by atoms with Crippen molar-refractivity contribution in [3.8, 4) is 0 Å². The van der Waals surface area contributed by atoms with Crippen molar-refractivity contribution >= 4 is 22.4 Å². The highest BCUT2D eigenvalue weighted by Gasteiger charge is 2.13. The van der Waals surface area contributed by atoms with Gasteiger partial charge in [0.2, 0.25) is 5.91 Å². The number of aryl methyl sites for hydroxylation is 1. The highest BCUT2D eigenvalue weighted by atomic mass is 32.1. The zero-order valence-electron chi connectivity index (χ0n) is 13.7. The lowest BCUT2D eigenvalue weighted by Gasteiger charge is -2.14. The third-order valence-corrected chi connectivity index (χ3v) is 4.49. The maximum atomic E-state index is 11.5. The first kappa shape index (κ1) is 17.6. The first-order valence-corrected chi connectivity index (χ1v) is 8.57. The van der Waals surface area contributed by atoms with Gasteiger partial charge in [-0.3, -0.25) is 9.69 Å². The first-order chi connectivity index (χ1) is 11.0. The van der Waals surface area contributed by atoms with E-state index in [0.717, 1.165) is 16.4 Å². The molecule has 6 heteroatoms. The minimum Gasteiger partial charge on any atom is -0.387 e. The van der Waals surface area contributed by atoms with Gasteiger partial charge in [0.05, 0.1) is 11.8 Å². The lowest BCUT2D eigenvalue weighted by molar-refractivity contribution is -0.116. The molecule has 0 aliphatic carbocycles.